The number of halogens is 1. The highest BCUT2D eigenvalue weighted by atomic mass is 35.5. The van der Waals surface area contributed by atoms with Crippen LogP contribution in [0.25, 0.3) is 0 Å². The van der Waals surface area contributed by atoms with E-state index in [4.69, 9.17) is 11.6 Å². The summed E-state index contributed by atoms with van der Waals surface area (Å²) < 4.78 is 0. The Morgan fingerprint density at radius 2 is 2.08 bits per heavy atom. The summed E-state index contributed by atoms with van der Waals surface area (Å²) in [5.74, 6) is 0.357. The molecule has 12 heavy (non-hydrogen) atoms. The lowest BCUT2D eigenvalue weighted by Gasteiger charge is -2.08. The van der Waals surface area contributed by atoms with Gasteiger partial charge in [0.25, 0.3) is 0 Å². The Hall–Kier alpha value is -0.500. The first kappa shape index (κ1) is 9.59. The smallest absolute Gasteiger partial charge is 0.223 e. The van der Waals surface area contributed by atoms with Gasteiger partial charge in [0.05, 0.1) is 6.54 Å². The molecule has 1 rings (SSSR count). The lowest BCUT2D eigenvalue weighted by atomic mass is 10.1. The summed E-state index contributed by atoms with van der Waals surface area (Å²) in [4.78, 5) is 11.3. The van der Waals surface area contributed by atoms with E-state index in [0.29, 0.717) is 11.6 Å². The normalized spacial score (nSPS) is 17.8. The molecule has 0 aromatic rings. The van der Waals surface area contributed by atoms with Gasteiger partial charge in [0.2, 0.25) is 5.91 Å². The predicted molar refractivity (Wildman–Crippen MR) is 50.0 cm³/mol. The Morgan fingerprint density at radius 1 is 1.50 bits per heavy atom. The lowest BCUT2D eigenvalue weighted by Crippen LogP contribution is -2.30. The number of hydrogen-bond donors (Lipinski definition) is 1. The minimum absolute atomic E-state index is 0.134. The van der Waals surface area contributed by atoms with Crippen LogP contribution in [0.4, 0.5) is 0 Å². The molecule has 0 unspecified atom stereocenters. The van der Waals surface area contributed by atoms with Gasteiger partial charge >= 0.3 is 0 Å². The minimum Gasteiger partial charge on any atom is -0.351 e. The maximum absolute atomic E-state index is 11.3. The molecule has 3 heteroatoms. The van der Waals surface area contributed by atoms with Crippen LogP contribution in [-0.2, 0) is 4.79 Å². The lowest BCUT2D eigenvalue weighted by molar-refractivity contribution is -0.124. The second-order valence-corrected chi connectivity index (χ2v) is 3.75. The predicted octanol–water partition coefficient (Wildman–Crippen LogP) is 2.05. The van der Waals surface area contributed by atoms with Crippen LogP contribution in [0, 0.1) is 5.92 Å². The van der Waals surface area contributed by atoms with E-state index < -0.39 is 0 Å². The van der Waals surface area contributed by atoms with Gasteiger partial charge in [-0.25, -0.2) is 0 Å². The molecular formula is C9H14ClNO. The summed E-state index contributed by atoms with van der Waals surface area (Å²) in [6, 6.07) is 0. The van der Waals surface area contributed by atoms with E-state index in [9.17, 15) is 4.79 Å². The van der Waals surface area contributed by atoms with Crippen LogP contribution in [0.15, 0.2) is 11.6 Å². The van der Waals surface area contributed by atoms with E-state index in [1.807, 2.05) is 0 Å². The van der Waals surface area contributed by atoms with E-state index in [0.717, 1.165) is 12.8 Å². The minimum atomic E-state index is 0.134. The standard InChI is InChI=1S/C9H14ClNO/c1-7(10)6-11-9(12)8-4-2-3-5-8/h8H,1-6H2,(H,11,12). The third-order valence-electron chi connectivity index (χ3n) is 2.18. The monoisotopic (exact) mass is 187 g/mol. The molecule has 0 saturated heterocycles. The fourth-order valence-corrected chi connectivity index (χ4v) is 1.58. The number of carbonyl (C=O) groups excluding carboxylic acids is 1. The van der Waals surface area contributed by atoms with E-state index in [2.05, 4.69) is 11.9 Å². The van der Waals surface area contributed by atoms with Gasteiger partial charge in [-0.1, -0.05) is 31.0 Å². The van der Waals surface area contributed by atoms with Gasteiger partial charge in [-0.15, -0.1) is 0 Å². The highest BCUT2D eigenvalue weighted by Crippen LogP contribution is 2.24. The topological polar surface area (TPSA) is 29.1 Å². The molecule has 0 aromatic heterocycles. The molecular weight excluding hydrogens is 174 g/mol. The van der Waals surface area contributed by atoms with Crippen molar-refractivity contribution in [2.75, 3.05) is 6.54 Å². The maximum atomic E-state index is 11.3. The van der Waals surface area contributed by atoms with Crippen molar-refractivity contribution in [2.24, 2.45) is 5.92 Å². The third kappa shape index (κ3) is 2.86. The quantitative estimate of drug-likeness (QED) is 0.720. The van der Waals surface area contributed by atoms with Gasteiger partial charge < -0.3 is 5.32 Å². The molecule has 1 fully saturated rings. The van der Waals surface area contributed by atoms with Gasteiger partial charge in [-0.2, -0.15) is 0 Å². The van der Waals surface area contributed by atoms with Crippen LogP contribution < -0.4 is 5.32 Å². The van der Waals surface area contributed by atoms with Crippen molar-refractivity contribution in [3.63, 3.8) is 0 Å². The second kappa shape index (κ2) is 4.51. The van der Waals surface area contributed by atoms with Crippen molar-refractivity contribution in [3.8, 4) is 0 Å². The summed E-state index contributed by atoms with van der Waals surface area (Å²) >= 11 is 5.52. The molecule has 1 saturated carbocycles. The molecule has 68 valence electrons. The van der Waals surface area contributed by atoms with Crippen molar-refractivity contribution in [1.29, 1.82) is 0 Å². The van der Waals surface area contributed by atoms with Crippen LogP contribution in [0.1, 0.15) is 25.7 Å². The number of hydrogen-bond acceptors (Lipinski definition) is 1. The number of nitrogens with one attached hydrogen (secondary N) is 1. The fourth-order valence-electron chi connectivity index (χ4n) is 1.52. The highest BCUT2D eigenvalue weighted by molar-refractivity contribution is 6.29. The van der Waals surface area contributed by atoms with E-state index in [1.54, 1.807) is 0 Å². The molecule has 0 aliphatic heterocycles. The van der Waals surface area contributed by atoms with Gasteiger partial charge in [-0.3, -0.25) is 4.79 Å². The summed E-state index contributed by atoms with van der Waals surface area (Å²) in [6.07, 6.45) is 4.42. The average molecular weight is 188 g/mol. The molecule has 0 atom stereocenters. The van der Waals surface area contributed by atoms with Crippen LogP contribution in [0.5, 0.6) is 0 Å². The Morgan fingerprint density at radius 3 is 2.58 bits per heavy atom. The second-order valence-electron chi connectivity index (χ2n) is 3.22. The first-order valence-corrected chi connectivity index (χ1v) is 4.69. The van der Waals surface area contributed by atoms with Crippen molar-refractivity contribution >= 4 is 17.5 Å². The molecule has 0 spiro atoms. The van der Waals surface area contributed by atoms with Crippen LogP contribution in [0.3, 0.4) is 0 Å². The van der Waals surface area contributed by atoms with Crippen molar-refractivity contribution in [2.45, 2.75) is 25.7 Å². The largest absolute Gasteiger partial charge is 0.351 e. The highest BCUT2D eigenvalue weighted by Gasteiger charge is 2.21. The average Bonchev–Trinajstić information content (AvgIpc) is 2.51. The van der Waals surface area contributed by atoms with E-state index in [-0.39, 0.29) is 11.8 Å². The summed E-state index contributed by atoms with van der Waals surface area (Å²) in [7, 11) is 0. The molecule has 1 amide bonds. The van der Waals surface area contributed by atoms with E-state index >= 15 is 0 Å². The zero-order valence-corrected chi connectivity index (χ0v) is 7.86. The van der Waals surface area contributed by atoms with Gasteiger partial charge in [-0.05, 0) is 12.8 Å². The molecule has 1 aliphatic rings. The van der Waals surface area contributed by atoms with Gasteiger partial charge in [0.15, 0.2) is 0 Å². The molecule has 0 bridgehead atoms. The van der Waals surface area contributed by atoms with Crippen LogP contribution >= 0.6 is 11.6 Å². The zero-order valence-electron chi connectivity index (χ0n) is 7.11. The Labute approximate surface area is 78.0 Å². The first-order chi connectivity index (χ1) is 5.70. The third-order valence-corrected chi connectivity index (χ3v) is 2.31. The van der Waals surface area contributed by atoms with Crippen molar-refractivity contribution < 1.29 is 4.79 Å². The maximum Gasteiger partial charge on any atom is 0.223 e. The molecule has 2 nitrogen and oxygen atoms in total. The van der Waals surface area contributed by atoms with Crippen LogP contribution in [-0.4, -0.2) is 12.5 Å². The number of rotatable bonds is 3. The summed E-state index contributed by atoms with van der Waals surface area (Å²) in [5.41, 5.74) is 0. The van der Waals surface area contributed by atoms with Crippen molar-refractivity contribution in [1.82, 2.24) is 5.32 Å². The number of carbonyl (C=O) groups is 1. The van der Waals surface area contributed by atoms with Gasteiger partial charge in [0.1, 0.15) is 0 Å². The number of amides is 1. The van der Waals surface area contributed by atoms with E-state index in [1.165, 1.54) is 12.8 Å². The molecule has 1 N–H and O–H groups in total. The Balaban J connectivity index is 2.23. The SMILES string of the molecule is C=C(Cl)CNC(=O)C1CCCC1. The summed E-state index contributed by atoms with van der Waals surface area (Å²) in [5, 5.41) is 3.24. The zero-order chi connectivity index (χ0) is 8.97. The summed E-state index contributed by atoms with van der Waals surface area (Å²) in [6.45, 7) is 3.90. The molecule has 0 heterocycles. The van der Waals surface area contributed by atoms with Crippen LogP contribution in [0.2, 0.25) is 0 Å². The first-order valence-electron chi connectivity index (χ1n) is 4.31. The Kier molecular flexibility index (Phi) is 3.60. The van der Waals surface area contributed by atoms with Gasteiger partial charge in [0, 0.05) is 11.0 Å². The fraction of sp³-hybridized carbons (Fsp3) is 0.667. The Bertz CT molecular complexity index is 185. The molecule has 0 aromatic carbocycles. The van der Waals surface area contributed by atoms with Crippen molar-refractivity contribution in [3.05, 3.63) is 11.6 Å². The molecule has 0 radical (unpaired) electrons. The molecule has 1 aliphatic carbocycles.